The van der Waals surface area contributed by atoms with E-state index in [1.807, 2.05) is 71.1 Å². The summed E-state index contributed by atoms with van der Waals surface area (Å²) in [6.45, 7) is 13.8. The monoisotopic (exact) mass is 1430 g/mol. The molecule has 3 aliphatic heterocycles. The van der Waals surface area contributed by atoms with Crippen LogP contribution in [0, 0.1) is 44.6 Å². The van der Waals surface area contributed by atoms with Gasteiger partial charge in [0.25, 0.3) is 5.69 Å². The largest absolute Gasteiger partial charge is 0.496 e. The summed E-state index contributed by atoms with van der Waals surface area (Å²) < 4.78 is 28.9. The SMILES string of the molecule is C#Cc1cc(NC2CCN(C)CC2)ccc1OC.COc1ccc(N)cc1I.COc1ccc(NC2CCN(C)CC2)cc1C#C[Si](C)(C)C.COc1ccc(NC2CCN(C)CC2)cc1I.COc1ccc([N+](=O)[O-])cc1I. The highest BCUT2D eigenvalue weighted by Crippen LogP contribution is 2.29. The molecule has 0 spiro atoms. The number of nitrogens with one attached hydrogen (secondary N) is 3. The second-order valence-corrected chi connectivity index (χ2v) is 28.7. The number of rotatable bonds is 12. The van der Waals surface area contributed by atoms with Crippen LogP contribution >= 0.6 is 67.8 Å². The van der Waals surface area contributed by atoms with Crippen molar-refractivity contribution in [1.82, 2.24) is 14.7 Å². The highest BCUT2D eigenvalue weighted by molar-refractivity contribution is 14.1. The van der Waals surface area contributed by atoms with Gasteiger partial charge in [-0.3, -0.25) is 10.1 Å². The van der Waals surface area contributed by atoms with E-state index in [2.05, 4.69) is 158 Å². The molecule has 5 aromatic rings. The molecule has 0 radical (unpaired) electrons. The number of benzene rings is 5. The molecule has 5 aromatic carbocycles. The summed E-state index contributed by atoms with van der Waals surface area (Å²) in [4.78, 5) is 17.0. The van der Waals surface area contributed by atoms with Crippen LogP contribution in [0.4, 0.5) is 28.4 Å². The van der Waals surface area contributed by atoms with Gasteiger partial charge in [0.1, 0.15) is 36.8 Å². The van der Waals surface area contributed by atoms with E-state index in [0.29, 0.717) is 23.9 Å². The standard InChI is InChI=1S/C18H28N2OSi.C15H20N2O.C13H19IN2O.C7H6INO3.C7H8INO/c1-20-11-8-16(9-12-20)19-17-6-7-18(21-2)15(14-17)10-13-22(3,4)5;1-4-12-11-14(5-6-15(12)18-3)16-13-7-9-17(2)10-8-13;1-16-7-5-10(6-8-16)15-11-3-4-13(17-2)12(14)9-11;1-12-7-3-2-5(9(10)11)4-6(7)8;1-10-7-3-2-5(9)4-6(7)8/h6-7,14,16,19H,8-9,11-12H2,1-5H3;1,5-6,11,13,16H,7-10H2,2-3H3;3-4,9-10,15H,5-8H2,1-2H3;2-4H,1H3;2-4H,9H2,1H3. The third-order valence-corrected chi connectivity index (χ3v) is 16.5. The number of nitrogens with zero attached hydrogens (tertiary/aromatic N) is 4. The summed E-state index contributed by atoms with van der Waals surface area (Å²) >= 11 is 6.48. The third-order valence-electron chi connectivity index (χ3n) is 13.1. The normalized spacial score (nSPS) is 15.1. The van der Waals surface area contributed by atoms with E-state index in [-0.39, 0.29) is 5.69 Å². The summed E-state index contributed by atoms with van der Waals surface area (Å²) in [6, 6.07) is 30.2. The van der Waals surface area contributed by atoms with Crippen molar-refractivity contribution in [3.8, 4) is 52.6 Å². The molecule has 428 valence electrons. The molecule has 0 aromatic heterocycles. The maximum Gasteiger partial charge on any atom is 0.270 e. The molecule has 0 aliphatic carbocycles. The minimum absolute atomic E-state index is 0.0835. The molecule has 5 N–H and O–H groups in total. The number of likely N-dealkylation sites (tertiary alicyclic amines) is 3. The van der Waals surface area contributed by atoms with E-state index in [4.69, 9.17) is 35.8 Å². The number of nitrogen functional groups attached to an aromatic ring is 1. The number of nitrogens with two attached hydrogens (primary N) is 1. The first-order chi connectivity index (χ1) is 37.7. The zero-order chi connectivity index (χ0) is 58.1. The first-order valence-electron chi connectivity index (χ1n) is 26.3. The number of ether oxygens (including phenoxy) is 5. The van der Waals surface area contributed by atoms with Crippen molar-refractivity contribution >= 4 is 104 Å². The number of anilines is 4. The molecule has 0 atom stereocenters. The molecule has 0 unspecified atom stereocenters. The van der Waals surface area contributed by atoms with Crippen molar-refractivity contribution < 1.29 is 28.6 Å². The van der Waals surface area contributed by atoms with Gasteiger partial charge in [0, 0.05) is 53.0 Å². The van der Waals surface area contributed by atoms with Crippen molar-refractivity contribution in [3.05, 3.63) is 123 Å². The number of nitro groups is 1. The molecule has 79 heavy (non-hydrogen) atoms. The Hall–Kier alpha value is -4.89. The Kier molecular flexibility index (Phi) is 29.0. The van der Waals surface area contributed by atoms with Gasteiger partial charge in [0.2, 0.25) is 0 Å². The number of halogens is 3. The van der Waals surface area contributed by atoms with Crippen LogP contribution in [0.3, 0.4) is 0 Å². The van der Waals surface area contributed by atoms with E-state index in [1.54, 1.807) is 34.5 Å². The van der Waals surface area contributed by atoms with Crippen LogP contribution in [0.15, 0.2) is 91.0 Å². The third kappa shape index (κ3) is 24.0. The molecule has 3 saturated heterocycles. The maximum atomic E-state index is 10.3. The van der Waals surface area contributed by atoms with Gasteiger partial charge in [-0.25, -0.2) is 0 Å². The first kappa shape index (κ1) is 66.6. The number of non-ortho nitro benzene ring substituents is 1. The topological polar surface area (TPSA) is 161 Å². The highest BCUT2D eigenvalue weighted by atomic mass is 127. The lowest BCUT2D eigenvalue weighted by Gasteiger charge is -2.30. The molecule has 15 nitrogen and oxygen atoms in total. The fourth-order valence-corrected chi connectivity index (χ4v) is 11.2. The Morgan fingerprint density at radius 3 is 1.24 bits per heavy atom. The van der Waals surface area contributed by atoms with Gasteiger partial charge in [-0.2, -0.15) is 0 Å². The fourth-order valence-electron chi connectivity index (χ4n) is 8.43. The number of nitro benzene ring substituents is 1. The van der Waals surface area contributed by atoms with Gasteiger partial charge in [0.05, 0.1) is 62.3 Å². The lowest BCUT2D eigenvalue weighted by Crippen LogP contribution is -2.36. The van der Waals surface area contributed by atoms with Crippen LogP contribution in [0.1, 0.15) is 49.7 Å². The molecule has 0 amide bonds. The van der Waals surface area contributed by atoms with Crippen LogP contribution in [0.2, 0.25) is 19.6 Å². The summed E-state index contributed by atoms with van der Waals surface area (Å²) in [6.07, 6.45) is 12.7. The van der Waals surface area contributed by atoms with E-state index < -0.39 is 13.0 Å². The van der Waals surface area contributed by atoms with Crippen molar-refractivity contribution in [3.63, 3.8) is 0 Å². The Morgan fingerprint density at radius 2 is 0.886 bits per heavy atom. The Morgan fingerprint density at radius 1 is 0.544 bits per heavy atom. The van der Waals surface area contributed by atoms with E-state index in [1.165, 1.54) is 76.5 Å². The number of terminal acetylenes is 1. The second-order valence-electron chi connectivity index (χ2n) is 20.5. The van der Waals surface area contributed by atoms with Crippen molar-refractivity contribution in [2.75, 3.05) is 118 Å². The molecule has 3 heterocycles. The molecule has 3 fully saturated rings. The van der Waals surface area contributed by atoms with Gasteiger partial charge < -0.3 is 60.1 Å². The summed E-state index contributed by atoms with van der Waals surface area (Å²) in [5.41, 5.74) is 15.0. The highest BCUT2D eigenvalue weighted by Gasteiger charge is 2.19. The molecule has 19 heteroatoms. The van der Waals surface area contributed by atoms with E-state index in [9.17, 15) is 10.1 Å². The lowest BCUT2D eigenvalue weighted by atomic mass is 10.0. The van der Waals surface area contributed by atoms with Gasteiger partial charge in [-0.05, 0) is 246 Å². The minimum Gasteiger partial charge on any atom is -0.496 e. The van der Waals surface area contributed by atoms with Crippen molar-refractivity contribution in [2.45, 2.75) is 76.3 Å². The zero-order valence-electron chi connectivity index (χ0n) is 47.8. The number of hydrogen-bond donors (Lipinski definition) is 4. The number of hydrogen-bond acceptors (Lipinski definition) is 14. The predicted octanol–water partition coefficient (Wildman–Crippen LogP) is 12.5. The average molecular weight is 1440 g/mol. The molecular weight excluding hydrogens is 1350 g/mol. The van der Waals surface area contributed by atoms with E-state index in [0.717, 1.165) is 88.1 Å². The van der Waals surface area contributed by atoms with E-state index >= 15 is 0 Å². The first-order valence-corrected chi connectivity index (χ1v) is 33.0. The molecule has 0 saturated carbocycles. The molecule has 0 bridgehead atoms. The summed E-state index contributed by atoms with van der Waals surface area (Å²) in [5, 5.41) is 21.1. The van der Waals surface area contributed by atoms with Crippen LogP contribution < -0.4 is 45.4 Å². The maximum absolute atomic E-state index is 10.3. The number of piperidine rings is 3. The van der Waals surface area contributed by atoms with Crippen molar-refractivity contribution in [2.24, 2.45) is 0 Å². The predicted molar refractivity (Wildman–Crippen MR) is 355 cm³/mol. The molecule has 8 rings (SSSR count). The quantitative estimate of drug-likeness (QED) is 0.0233. The number of methoxy groups -OCH3 is 5. The van der Waals surface area contributed by atoms with Gasteiger partial charge in [0.15, 0.2) is 0 Å². The van der Waals surface area contributed by atoms with Gasteiger partial charge >= 0.3 is 0 Å². The van der Waals surface area contributed by atoms with Gasteiger partial charge in [-0.1, -0.05) is 31.5 Å². The summed E-state index contributed by atoms with van der Waals surface area (Å²) in [7, 11) is 13.4. The zero-order valence-corrected chi connectivity index (χ0v) is 55.3. The van der Waals surface area contributed by atoms with Crippen molar-refractivity contribution in [1.29, 1.82) is 0 Å². The molecular formula is C60H81I3N8O7Si. The Labute approximate surface area is 512 Å². The van der Waals surface area contributed by atoms with Crippen LogP contribution in [-0.4, -0.2) is 142 Å². The van der Waals surface area contributed by atoms with Crippen LogP contribution in [0.25, 0.3) is 0 Å². The average Bonchev–Trinajstić information content (AvgIpc) is 3.43. The molecule has 3 aliphatic rings. The Balaban J connectivity index is 0.000000218. The summed E-state index contributed by atoms with van der Waals surface area (Å²) in [5.74, 6) is 10.1. The van der Waals surface area contributed by atoms with Crippen LogP contribution in [0.5, 0.6) is 28.7 Å². The smallest absolute Gasteiger partial charge is 0.270 e. The minimum atomic E-state index is -1.39. The fraction of sp³-hybridized carbons (Fsp3) is 0.433. The lowest BCUT2D eigenvalue weighted by molar-refractivity contribution is -0.385. The van der Waals surface area contributed by atoms with Gasteiger partial charge in [-0.15, -0.1) is 12.0 Å². The second kappa shape index (κ2) is 34.4. The van der Waals surface area contributed by atoms with Crippen LogP contribution in [-0.2, 0) is 0 Å². The Bertz CT molecular complexity index is 2800.